The molecule has 1 saturated heterocycles. The number of likely N-dealkylation sites (tertiary alicyclic amines) is 1. The lowest BCUT2D eigenvalue weighted by Gasteiger charge is -2.40. The first-order valence-electron chi connectivity index (χ1n) is 9.36. The lowest BCUT2D eigenvalue weighted by molar-refractivity contribution is -0.116. The summed E-state index contributed by atoms with van der Waals surface area (Å²) in [6.45, 7) is 7.68. The van der Waals surface area contributed by atoms with E-state index in [0.717, 1.165) is 31.5 Å². The molecule has 1 heterocycles. The Morgan fingerprint density at radius 1 is 1.07 bits per heavy atom. The second-order valence-electron chi connectivity index (χ2n) is 7.34. The van der Waals surface area contributed by atoms with Crippen LogP contribution in [0.25, 0.3) is 0 Å². The van der Waals surface area contributed by atoms with Crippen LogP contribution in [0.5, 0.6) is 0 Å². The minimum Gasteiger partial charge on any atom is -0.348 e. The molecule has 3 rings (SSSR count). The first kappa shape index (κ1) is 18.9. The highest BCUT2D eigenvalue weighted by molar-refractivity contribution is 5.94. The molecule has 140 valence electrons. The number of nitrogens with one attached hydrogen (secondary N) is 1. The molecule has 27 heavy (non-hydrogen) atoms. The third-order valence-corrected chi connectivity index (χ3v) is 5.48. The van der Waals surface area contributed by atoms with Gasteiger partial charge in [-0.1, -0.05) is 56.0 Å². The zero-order chi connectivity index (χ0) is 19.3. The van der Waals surface area contributed by atoms with E-state index < -0.39 is 0 Å². The van der Waals surface area contributed by atoms with Gasteiger partial charge >= 0.3 is 0 Å². The molecule has 0 aliphatic carbocycles. The summed E-state index contributed by atoms with van der Waals surface area (Å²) in [6, 6.07) is 18.0. The van der Waals surface area contributed by atoms with Crippen molar-refractivity contribution in [2.45, 2.75) is 31.7 Å². The Morgan fingerprint density at radius 3 is 2.30 bits per heavy atom. The van der Waals surface area contributed by atoms with Crippen LogP contribution in [0.2, 0.25) is 0 Å². The van der Waals surface area contributed by atoms with Crippen molar-refractivity contribution in [3.63, 3.8) is 0 Å². The maximum absolute atomic E-state index is 12.8. The maximum Gasteiger partial charge on any atom is 0.253 e. The topological polar surface area (TPSA) is 49.4 Å². The number of benzene rings is 2. The number of rotatable bonds is 5. The molecule has 0 bridgehead atoms. The quantitative estimate of drug-likeness (QED) is 0.825. The van der Waals surface area contributed by atoms with E-state index in [9.17, 15) is 9.59 Å². The van der Waals surface area contributed by atoms with E-state index in [4.69, 9.17) is 0 Å². The normalized spacial score (nSPS) is 15.8. The molecule has 0 unspecified atom stereocenters. The monoisotopic (exact) mass is 362 g/mol. The number of hydrogen-bond donors (Lipinski definition) is 1. The highest BCUT2D eigenvalue weighted by atomic mass is 16.2. The number of hydrogen-bond acceptors (Lipinski definition) is 2. The number of amides is 2. The molecule has 2 aromatic rings. The maximum atomic E-state index is 12.8. The number of nitrogens with zero attached hydrogens (tertiary/aromatic N) is 1. The second kappa shape index (κ2) is 8.21. The summed E-state index contributed by atoms with van der Waals surface area (Å²) in [5.74, 6) is -0.128. The third kappa shape index (κ3) is 4.45. The lowest BCUT2D eigenvalue weighted by atomic mass is 9.74. The van der Waals surface area contributed by atoms with Gasteiger partial charge in [0.25, 0.3) is 5.91 Å². The van der Waals surface area contributed by atoms with Crippen LogP contribution in [0.4, 0.5) is 0 Å². The summed E-state index contributed by atoms with van der Waals surface area (Å²) in [6.07, 6.45) is 3.18. The first-order chi connectivity index (χ1) is 13.0. The van der Waals surface area contributed by atoms with Crippen molar-refractivity contribution in [2.75, 3.05) is 13.1 Å². The molecule has 4 heteroatoms. The smallest absolute Gasteiger partial charge is 0.253 e. The van der Waals surface area contributed by atoms with Gasteiger partial charge in [0, 0.05) is 25.2 Å². The highest BCUT2D eigenvalue weighted by Gasteiger charge is 2.33. The van der Waals surface area contributed by atoms with Gasteiger partial charge in [-0.05, 0) is 47.6 Å². The van der Waals surface area contributed by atoms with Gasteiger partial charge in [0.2, 0.25) is 5.91 Å². The van der Waals surface area contributed by atoms with E-state index in [1.54, 1.807) is 0 Å². The molecule has 2 aromatic carbocycles. The van der Waals surface area contributed by atoms with E-state index in [-0.39, 0.29) is 17.2 Å². The van der Waals surface area contributed by atoms with Crippen molar-refractivity contribution in [3.05, 3.63) is 83.9 Å². The van der Waals surface area contributed by atoms with Gasteiger partial charge in [0.05, 0.1) is 0 Å². The predicted molar refractivity (Wildman–Crippen MR) is 107 cm³/mol. The van der Waals surface area contributed by atoms with Crippen LogP contribution in [0, 0.1) is 0 Å². The minimum absolute atomic E-state index is 0.0757. The van der Waals surface area contributed by atoms with Crippen molar-refractivity contribution in [3.8, 4) is 0 Å². The van der Waals surface area contributed by atoms with Gasteiger partial charge in [-0.25, -0.2) is 0 Å². The average Bonchev–Trinajstić information content (AvgIpc) is 2.73. The predicted octanol–water partition coefficient (Wildman–Crippen LogP) is 3.68. The van der Waals surface area contributed by atoms with Crippen molar-refractivity contribution in [2.24, 2.45) is 0 Å². The molecule has 0 saturated carbocycles. The summed E-state index contributed by atoms with van der Waals surface area (Å²) in [5, 5.41) is 2.73. The van der Waals surface area contributed by atoms with Gasteiger partial charge < -0.3 is 10.2 Å². The molecular weight excluding hydrogens is 336 g/mol. The van der Waals surface area contributed by atoms with Gasteiger partial charge in [-0.15, -0.1) is 0 Å². The van der Waals surface area contributed by atoms with Crippen molar-refractivity contribution in [1.82, 2.24) is 10.2 Å². The lowest BCUT2D eigenvalue weighted by Crippen LogP contribution is -2.43. The zero-order valence-electron chi connectivity index (χ0n) is 15.8. The molecule has 2 amide bonds. The number of piperidine rings is 1. The molecule has 1 aliphatic rings. The van der Waals surface area contributed by atoms with Crippen molar-refractivity contribution < 1.29 is 9.59 Å². The molecule has 0 radical (unpaired) electrons. The Labute approximate surface area is 160 Å². The Balaban J connectivity index is 1.59. The molecule has 4 nitrogen and oxygen atoms in total. The van der Waals surface area contributed by atoms with E-state index in [2.05, 4.69) is 43.1 Å². The number of carbonyl (C=O) groups excluding carboxylic acids is 2. The standard InChI is InChI=1S/C23H26N2O2/c1-3-21(26)24-17-18-9-11-19(12-10-18)22(27)25-15-13-23(2,14-16-25)20-7-5-4-6-8-20/h3-12H,1,13-17H2,2H3,(H,24,26). The SMILES string of the molecule is C=CC(=O)NCc1ccc(C(=O)N2CCC(C)(c3ccccc3)CC2)cc1. The van der Waals surface area contributed by atoms with E-state index >= 15 is 0 Å². The van der Waals surface area contributed by atoms with Gasteiger partial charge in [-0.3, -0.25) is 9.59 Å². The average molecular weight is 362 g/mol. The Morgan fingerprint density at radius 2 is 1.70 bits per heavy atom. The molecular formula is C23H26N2O2. The van der Waals surface area contributed by atoms with Crippen LogP contribution in [0.3, 0.4) is 0 Å². The van der Waals surface area contributed by atoms with Crippen LogP contribution in [-0.4, -0.2) is 29.8 Å². The molecule has 1 N–H and O–H groups in total. The van der Waals surface area contributed by atoms with E-state index in [1.807, 2.05) is 35.2 Å². The van der Waals surface area contributed by atoms with E-state index in [1.165, 1.54) is 11.6 Å². The Hall–Kier alpha value is -2.88. The second-order valence-corrected chi connectivity index (χ2v) is 7.34. The van der Waals surface area contributed by atoms with Crippen molar-refractivity contribution in [1.29, 1.82) is 0 Å². The first-order valence-corrected chi connectivity index (χ1v) is 9.36. The van der Waals surface area contributed by atoms with Crippen LogP contribution >= 0.6 is 0 Å². The molecule has 1 aliphatic heterocycles. The Bertz CT molecular complexity index is 804. The van der Waals surface area contributed by atoms with E-state index in [0.29, 0.717) is 12.1 Å². The van der Waals surface area contributed by atoms with Crippen LogP contribution in [0.1, 0.15) is 41.3 Å². The van der Waals surface area contributed by atoms with Crippen molar-refractivity contribution >= 4 is 11.8 Å². The summed E-state index contributed by atoms with van der Waals surface area (Å²) < 4.78 is 0. The highest BCUT2D eigenvalue weighted by Crippen LogP contribution is 2.35. The largest absolute Gasteiger partial charge is 0.348 e. The minimum atomic E-state index is -0.204. The summed E-state index contributed by atoms with van der Waals surface area (Å²) >= 11 is 0. The van der Waals surface area contributed by atoms with Crippen LogP contribution in [0.15, 0.2) is 67.3 Å². The van der Waals surface area contributed by atoms with Crippen LogP contribution < -0.4 is 5.32 Å². The fourth-order valence-electron chi connectivity index (χ4n) is 3.54. The zero-order valence-corrected chi connectivity index (χ0v) is 15.8. The van der Waals surface area contributed by atoms with Gasteiger partial charge in [-0.2, -0.15) is 0 Å². The van der Waals surface area contributed by atoms with Crippen LogP contribution in [-0.2, 0) is 16.8 Å². The Kier molecular flexibility index (Phi) is 5.75. The molecule has 0 spiro atoms. The summed E-state index contributed by atoms with van der Waals surface area (Å²) in [4.78, 5) is 26.0. The summed E-state index contributed by atoms with van der Waals surface area (Å²) in [7, 11) is 0. The van der Waals surface area contributed by atoms with Gasteiger partial charge in [0.15, 0.2) is 0 Å². The fourth-order valence-corrected chi connectivity index (χ4v) is 3.54. The number of carbonyl (C=O) groups is 2. The summed E-state index contributed by atoms with van der Waals surface area (Å²) in [5.41, 5.74) is 3.13. The third-order valence-electron chi connectivity index (χ3n) is 5.48. The molecule has 1 fully saturated rings. The molecule has 0 atom stereocenters. The van der Waals surface area contributed by atoms with Gasteiger partial charge in [0.1, 0.15) is 0 Å². The molecule has 0 aromatic heterocycles. The fraction of sp³-hybridized carbons (Fsp3) is 0.304.